The summed E-state index contributed by atoms with van der Waals surface area (Å²) in [5, 5.41) is 12.5. The summed E-state index contributed by atoms with van der Waals surface area (Å²) in [5.74, 6) is -2.54. The van der Waals surface area contributed by atoms with Gasteiger partial charge in [-0.25, -0.2) is 8.42 Å². The van der Waals surface area contributed by atoms with E-state index in [1.54, 1.807) is 16.9 Å². The van der Waals surface area contributed by atoms with E-state index in [-0.39, 0.29) is 11.8 Å². The van der Waals surface area contributed by atoms with Gasteiger partial charge in [0.05, 0.1) is 11.4 Å². The van der Waals surface area contributed by atoms with E-state index in [1.807, 2.05) is 13.8 Å². The smallest absolute Gasteiger partial charge is 0.318 e. The summed E-state index contributed by atoms with van der Waals surface area (Å²) in [5.41, 5.74) is 0.370. The fourth-order valence-corrected chi connectivity index (χ4v) is 2.29. The number of carboxylic acid groups (broad SMARTS) is 1. The van der Waals surface area contributed by atoms with Gasteiger partial charge >= 0.3 is 5.97 Å². The van der Waals surface area contributed by atoms with Crippen LogP contribution in [0.1, 0.15) is 25.6 Å². The van der Waals surface area contributed by atoms with Crippen LogP contribution in [0.15, 0.2) is 12.3 Å². The number of sulfone groups is 1. The molecule has 16 heavy (non-hydrogen) atoms. The van der Waals surface area contributed by atoms with Crippen LogP contribution in [0.5, 0.6) is 0 Å². The zero-order chi connectivity index (χ0) is 12.3. The third-order valence-electron chi connectivity index (χ3n) is 1.90. The molecule has 1 heterocycles. The van der Waals surface area contributed by atoms with Crippen molar-refractivity contribution in [1.29, 1.82) is 0 Å². The highest BCUT2D eigenvalue weighted by Gasteiger charge is 2.18. The third kappa shape index (κ3) is 3.65. The Balaban J connectivity index is 2.76. The standard InChI is InChI=1S/C9H14N2O4S/c1-7(2)11-4-3-8(10-11)5-16(14,15)6-9(12)13/h3-4,7H,5-6H2,1-2H3,(H,12,13). The average Bonchev–Trinajstić information content (AvgIpc) is 2.48. The van der Waals surface area contributed by atoms with E-state index >= 15 is 0 Å². The van der Waals surface area contributed by atoms with Crippen molar-refractivity contribution in [2.24, 2.45) is 0 Å². The Morgan fingerprint density at radius 2 is 2.19 bits per heavy atom. The zero-order valence-corrected chi connectivity index (χ0v) is 9.94. The SMILES string of the molecule is CC(C)n1ccc(CS(=O)(=O)CC(=O)O)n1. The Morgan fingerprint density at radius 3 is 2.62 bits per heavy atom. The topological polar surface area (TPSA) is 89.3 Å². The lowest BCUT2D eigenvalue weighted by atomic mass is 10.4. The third-order valence-corrected chi connectivity index (χ3v) is 3.33. The maximum absolute atomic E-state index is 11.4. The van der Waals surface area contributed by atoms with Gasteiger partial charge in [0.15, 0.2) is 9.84 Å². The van der Waals surface area contributed by atoms with Crippen LogP contribution in [-0.2, 0) is 20.4 Å². The van der Waals surface area contributed by atoms with Crippen LogP contribution in [0, 0.1) is 0 Å². The van der Waals surface area contributed by atoms with E-state index in [0.717, 1.165) is 0 Å². The maximum atomic E-state index is 11.4. The lowest BCUT2D eigenvalue weighted by molar-refractivity contribution is -0.134. The second kappa shape index (κ2) is 4.65. The average molecular weight is 246 g/mol. The van der Waals surface area contributed by atoms with E-state index in [9.17, 15) is 13.2 Å². The lowest BCUT2D eigenvalue weighted by Gasteiger charge is -2.03. The molecule has 0 saturated heterocycles. The minimum Gasteiger partial charge on any atom is -0.480 e. The molecule has 1 aromatic rings. The monoisotopic (exact) mass is 246 g/mol. The van der Waals surface area contributed by atoms with Gasteiger partial charge in [0.25, 0.3) is 0 Å². The van der Waals surface area contributed by atoms with Crippen LogP contribution < -0.4 is 0 Å². The van der Waals surface area contributed by atoms with Crippen molar-refractivity contribution in [2.75, 3.05) is 5.75 Å². The molecule has 0 aliphatic carbocycles. The van der Waals surface area contributed by atoms with Crippen LogP contribution in [0.3, 0.4) is 0 Å². The van der Waals surface area contributed by atoms with Crippen molar-refractivity contribution in [3.05, 3.63) is 18.0 Å². The molecular weight excluding hydrogens is 232 g/mol. The van der Waals surface area contributed by atoms with Gasteiger partial charge in [0, 0.05) is 12.2 Å². The van der Waals surface area contributed by atoms with Gasteiger partial charge in [-0.05, 0) is 19.9 Å². The molecule has 0 bridgehead atoms. The second-order valence-electron chi connectivity index (χ2n) is 3.81. The van der Waals surface area contributed by atoms with E-state index in [4.69, 9.17) is 5.11 Å². The largest absolute Gasteiger partial charge is 0.480 e. The van der Waals surface area contributed by atoms with E-state index in [2.05, 4.69) is 5.10 Å². The van der Waals surface area contributed by atoms with Crippen molar-refractivity contribution >= 4 is 15.8 Å². The highest BCUT2D eigenvalue weighted by atomic mass is 32.2. The number of carbonyl (C=O) groups is 1. The molecule has 0 amide bonds. The maximum Gasteiger partial charge on any atom is 0.318 e. The first kappa shape index (κ1) is 12.7. The normalized spacial score (nSPS) is 11.9. The summed E-state index contributed by atoms with van der Waals surface area (Å²) in [6.45, 7) is 3.84. The number of hydrogen-bond acceptors (Lipinski definition) is 4. The van der Waals surface area contributed by atoms with E-state index < -0.39 is 21.6 Å². The van der Waals surface area contributed by atoms with Gasteiger partial charge in [-0.15, -0.1) is 0 Å². The zero-order valence-electron chi connectivity index (χ0n) is 9.12. The summed E-state index contributed by atoms with van der Waals surface area (Å²) in [6.07, 6.45) is 1.68. The predicted octanol–water partition coefficient (Wildman–Crippen LogP) is 0.463. The molecule has 0 radical (unpaired) electrons. The quantitative estimate of drug-likeness (QED) is 0.815. The van der Waals surface area contributed by atoms with Crippen LogP contribution in [-0.4, -0.2) is 35.0 Å². The first-order valence-electron chi connectivity index (χ1n) is 4.76. The summed E-state index contributed by atoms with van der Waals surface area (Å²) in [6, 6.07) is 1.73. The first-order chi connectivity index (χ1) is 7.30. The summed E-state index contributed by atoms with van der Waals surface area (Å²) in [7, 11) is -3.62. The Kier molecular flexibility index (Phi) is 3.69. The number of aromatic nitrogens is 2. The summed E-state index contributed by atoms with van der Waals surface area (Å²) >= 11 is 0. The lowest BCUT2D eigenvalue weighted by Crippen LogP contribution is -2.17. The number of aliphatic carboxylic acids is 1. The van der Waals surface area contributed by atoms with E-state index in [0.29, 0.717) is 5.69 Å². The van der Waals surface area contributed by atoms with Crippen molar-refractivity contribution in [2.45, 2.75) is 25.6 Å². The molecule has 0 aliphatic heterocycles. The molecular formula is C9H14N2O4S. The fraction of sp³-hybridized carbons (Fsp3) is 0.556. The fourth-order valence-electron chi connectivity index (χ4n) is 1.21. The Labute approximate surface area is 93.8 Å². The highest BCUT2D eigenvalue weighted by molar-refractivity contribution is 7.91. The summed E-state index contributed by atoms with van der Waals surface area (Å²) in [4.78, 5) is 10.3. The molecule has 0 atom stereocenters. The summed E-state index contributed by atoms with van der Waals surface area (Å²) < 4.78 is 24.3. The molecule has 0 saturated carbocycles. The van der Waals surface area contributed by atoms with Crippen LogP contribution in [0.2, 0.25) is 0 Å². The predicted molar refractivity (Wildman–Crippen MR) is 57.7 cm³/mol. The van der Waals surface area contributed by atoms with Gasteiger partial charge in [-0.1, -0.05) is 0 Å². The molecule has 1 N–H and O–H groups in total. The van der Waals surface area contributed by atoms with Crippen LogP contribution in [0.4, 0.5) is 0 Å². The molecule has 90 valence electrons. The second-order valence-corrected chi connectivity index (χ2v) is 5.87. The Bertz CT molecular complexity index is 475. The molecule has 0 aromatic carbocycles. The van der Waals surface area contributed by atoms with Crippen molar-refractivity contribution < 1.29 is 18.3 Å². The van der Waals surface area contributed by atoms with Gasteiger partial charge in [-0.2, -0.15) is 5.10 Å². The van der Waals surface area contributed by atoms with Gasteiger partial charge in [0.1, 0.15) is 5.75 Å². The Morgan fingerprint density at radius 1 is 1.56 bits per heavy atom. The number of carboxylic acids is 1. The molecule has 7 heteroatoms. The Hall–Kier alpha value is -1.37. The van der Waals surface area contributed by atoms with Crippen molar-refractivity contribution in [3.8, 4) is 0 Å². The minimum absolute atomic E-state index is 0.149. The van der Waals surface area contributed by atoms with Crippen molar-refractivity contribution in [1.82, 2.24) is 9.78 Å². The van der Waals surface area contributed by atoms with Gasteiger partial charge in [0.2, 0.25) is 0 Å². The number of hydrogen-bond donors (Lipinski definition) is 1. The molecule has 0 aliphatic rings. The first-order valence-corrected chi connectivity index (χ1v) is 6.58. The molecule has 6 nitrogen and oxygen atoms in total. The van der Waals surface area contributed by atoms with Crippen LogP contribution in [0.25, 0.3) is 0 Å². The number of rotatable bonds is 5. The van der Waals surface area contributed by atoms with Gasteiger partial charge < -0.3 is 5.11 Å². The van der Waals surface area contributed by atoms with Crippen molar-refractivity contribution in [3.63, 3.8) is 0 Å². The highest BCUT2D eigenvalue weighted by Crippen LogP contribution is 2.08. The minimum atomic E-state index is -3.62. The van der Waals surface area contributed by atoms with Crippen LogP contribution >= 0.6 is 0 Å². The van der Waals surface area contributed by atoms with E-state index in [1.165, 1.54) is 0 Å². The molecule has 0 unspecified atom stereocenters. The number of nitrogens with zero attached hydrogens (tertiary/aromatic N) is 2. The van der Waals surface area contributed by atoms with Gasteiger partial charge in [-0.3, -0.25) is 9.48 Å². The molecule has 0 spiro atoms. The molecule has 0 fully saturated rings. The molecule has 1 rings (SSSR count). The molecule has 1 aromatic heterocycles.